The minimum Gasteiger partial charge on any atom is -0.370 e. The Kier molecular flexibility index (Phi) is 5.04. The van der Waals surface area contributed by atoms with Gasteiger partial charge in [-0.3, -0.25) is 13.9 Å². The Hall–Kier alpha value is -2.89. The standard InChI is InChI=1S/C19H21N3O7S/c1-12-8-15-17-20(18(12)24)9-14(11-28-30(2,26)27)22(17)16(23)10-21(15)29-19(25)13-6-4-3-5-7-13/h3-8,14,18,24H,9-11H2,1-2H3. The van der Waals surface area contributed by atoms with Crippen LogP contribution in [-0.4, -0.2) is 78.5 Å². The first-order valence-corrected chi connectivity index (χ1v) is 11.1. The first kappa shape index (κ1) is 20.4. The zero-order chi connectivity index (χ0) is 21.6. The van der Waals surface area contributed by atoms with Crippen molar-refractivity contribution in [3.05, 3.63) is 59.1 Å². The lowest BCUT2D eigenvalue weighted by atomic mass is 10.1. The molecule has 1 fully saturated rings. The van der Waals surface area contributed by atoms with Crippen LogP contribution in [0.4, 0.5) is 0 Å². The van der Waals surface area contributed by atoms with Crippen molar-refractivity contribution in [2.75, 3.05) is 26.0 Å². The predicted molar refractivity (Wildman–Crippen MR) is 103 cm³/mol. The van der Waals surface area contributed by atoms with Crippen molar-refractivity contribution < 1.29 is 32.1 Å². The molecular weight excluding hydrogens is 414 g/mol. The van der Waals surface area contributed by atoms with Gasteiger partial charge in [0.15, 0.2) is 6.23 Å². The molecular formula is C19H21N3O7S. The Labute approximate surface area is 173 Å². The summed E-state index contributed by atoms with van der Waals surface area (Å²) >= 11 is 0. The van der Waals surface area contributed by atoms with E-state index >= 15 is 0 Å². The second-order valence-electron chi connectivity index (χ2n) is 7.31. The molecule has 4 rings (SSSR count). The average Bonchev–Trinajstić information content (AvgIpc) is 3.08. The molecule has 0 bridgehead atoms. The minimum absolute atomic E-state index is 0.174. The molecule has 0 saturated carbocycles. The lowest BCUT2D eigenvalue weighted by Crippen LogP contribution is -2.51. The smallest absolute Gasteiger partial charge is 0.363 e. The summed E-state index contributed by atoms with van der Waals surface area (Å²) < 4.78 is 27.7. The van der Waals surface area contributed by atoms with Crippen molar-refractivity contribution in [3.63, 3.8) is 0 Å². The summed E-state index contributed by atoms with van der Waals surface area (Å²) in [7, 11) is -3.70. The number of hydrogen-bond acceptors (Lipinski definition) is 9. The zero-order valence-corrected chi connectivity index (χ0v) is 17.2. The first-order chi connectivity index (χ1) is 14.2. The maximum Gasteiger partial charge on any atom is 0.363 e. The van der Waals surface area contributed by atoms with Gasteiger partial charge in [-0.1, -0.05) is 18.2 Å². The van der Waals surface area contributed by atoms with Crippen LogP contribution in [0.15, 0.2) is 53.5 Å². The van der Waals surface area contributed by atoms with Crippen LogP contribution in [0.1, 0.15) is 17.3 Å². The van der Waals surface area contributed by atoms with E-state index in [0.29, 0.717) is 22.7 Å². The Balaban J connectivity index is 1.66. The van der Waals surface area contributed by atoms with Gasteiger partial charge in [0.1, 0.15) is 18.1 Å². The van der Waals surface area contributed by atoms with E-state index in [1.54, 1.807) is 48.2 Å². The fourth-order valence-corrected chi connectivity index (χ4v) is 4.12. The number of hydrogen-bond donors (Lipinski definition) is 1. The number of aliphatic hydroxyl groups is 1. The molecule has 1 aromatic rings. The van der Waals surface area contributed by atoms with Crippen LogP contribution in [-0.2, 0) is 23.9 Å². The Bertz CT molecular complexity index is 1050. The van der Waals surface area contributed by atoms with E-state index in [1.807, 2.05) is 0 Å². The van der Waals surface area contributed by atoms with Crippen LogP contribution in [0, 0.1) is 0 Å². The number of nitrogens with zero attached hydrogens (tertiary/aromatic N) is 3. The molecule has 2 atom stereocenters. The fraction of sp³-hybridized carbons (Fsp3) is 0.368. The van der Waals surface area contributed by atoms with Crippen molar-refractivity contribution in [1.29, 1.82) is 0 Å². The molecule has 11 heteroatoms. The summed E-state index contributed by atoms with van der Waals surface area (Å²) in [5, 5.41) is 11.8. The van der Waals surface area contributed by atoms with E-state index in [0.717, 1.165) is 6.26 Å². The van der Waals surface area contributed by atoms with E-state index in [4.69, 9.17) is 9.02 Å². The van der Waals surface area contributed by atoms with Crippen molar-refractivity contribution >= 4 is 22.0 Å². The van der Waals surface area contributed by atoms with Gasteiger partial charge in [-0.2, -0.15) is 13.5 Å². The number of allylic oxidation sites excluding steroid dienone is 1. The van der Waals surface area contributed by atoms with Crippen LogP contribution >= 0.6 is 0 Å². The molecule has 160 valence electrons. The monoisotopic (exact) mass is 435 g/mol. The summed E-state index contributed by atoms with van der Waals surface area (Å²) in [6.45, 7) is 1.40. The van der Waals surface area contributed by atoms with Crippen molar-refractivity contribution in [1.82, 2.24) is 14.9 Å². The highest BCUT2D eigenvalue weighted by Crippen LogP contribution is 2.39. The molecule has 1 amide bonds. The number of carbonyl (C=O) groups is 2. The number of carbonyl (C=O) groups excluding carboxylic acids is 2. The number of amides is 1. The predicted octanol–water partition coefficient (Wildman–Crippen LogP) is 0.0104. The molecule has 1 saturated heterocycles. The van der Waals surface area contributed by atoms with Gasteiger partial charge in [0.25, 0.3) is 16.0 Å². The second-order valence-corrected chi connectivity index (χ2v) is 8.95. The van der Waals surface area contributed by atoms with E-state index in [9.17, 15) is 23.1 Å². The molecule has 1 N–H and O–H groups in total. The van der Waals surface area contributed by atoms with Crippen LogP contribution in [0.2, 0.25) is 0 Å². The Morgan fingerprint density at radius 1 is 1.27 bits per heavy atom. The van der Waals surface area contributed by atoms with Gasteiger partial charge in [0.05, 0.1) is 24.5 Å². The lowest BCUT2D eigenvalue weighted by Gasteiger charge is -2.40. The highest BCUT2D eigenvalue weighted by atomic mass is 32.2. The number of rotatable bonds is 5. The Morgan fingerprint density at radius 3 is 2.63 bits per heavy atom. The normalized spacial score (nSPS) is 23.5. The van der Waals surface area contributed by atoms with E-state index < -0.39 is 34.3 Å². The van der Waals surface area contributed by atoms with Crippen molar-refractivity contribution in [3.8, 4) is 0 Å². The minimum atomic E-state index is -3.70. The number of aliphatic hydroxyl groups excluding tert-OH is 1. The quantitative estimate of drug-likeness (QED) is 0.638. The van der Waals surface area contributed by atoms with Crippen LogP contribution in [0.3, 0.4) is 0 Å². The second kappa shape index (κ2) is 7.42. The lowest BCUT2D eigenvalue weighted by molar-refractivity contribution is -0.148. The third kappa shape index (κ3) is 3.66. The van der Waals surface area contributed by atoms with E-state index in [2.05, 4.69) is 0 Å². The fourth-order valence-electron chi connectivity index (χ4n) is 3.72. The molecule has 0 spiro atoms. The van der Waals surface area contributed by atoms with Crippen molar-refractivity contribution in [2.45, 2.75) is 19.2 Å². The molecule has 2 unspecified atom stereocenters. The Morgan fingerprint density at radius 2 is 1.97 bits per heavy atom. The van der Waals surface area contributed by atoms with Gasteiger partial charge in [-0.05, 0) is 30.7 Å². The average molecular weight is 435 g/mol. The maximum atomic E-state index is 12.9. The topological polar surface area (TPSA) is 117 Å². The molecule has 3 aliphatic rings. The van der Waals surface area contributed by atoms with Crippen LogP contribution < -0.4 is 0 Å². The maximum absolute atomic E-state index is 12.9. The zero-order valence-electron chi connectivity index (χ0n) is 16.4. The van der Waals surface area contributed by atoms with Gasteiger partial charge in [-0.25, -0.2) is 4.79 Å². The highest BCUT2D eigenvalue weighted by molar-refractivity contribution is 7.85. The van der Waals surface area contributed by atoms with Gasteiger partial charge < -0.3 is 14.8 Å². The van der Waals surface area contributed by atoms with E-state index in [-0.39, 0.29) is 19.7 Å². The number of hydroxylamine groups is 2. The molecule has 30 heavy (non-hydrogen) atoms. The molecule has 3 aliphatic heterocycles. The van der Waals surface area contributed by atoms with Gasteiger partial charge >= 0.3 is 5.97 Å². The summed E-state index contributed by atoms with van der Waals surface area (Å²) in [5.41, 5.74) is 1.36. The summed E-state index contributed by atoms with van der Waals surface area (Å²) in [6.07, 6.45) is 1.59. The molecule has 0 aliphatic carbocycles. The molecule has 10 nitrogen and oxygen atoms in total. The van der Waals surface area contributed by atoms with Gasteiger partial charge in [0.2, 0.25) is 0 Å². The van der Waals surface area contributed by atoms with Gasteiger partial charge in [0, 0.05) is 6.54 Å². The van der Waals surface area contributed by atoms with E-state index in [1.165, 1.54) is 9.96 Å². The van der Waals surface area contributed by atoms with Gasteiger partial charge in [-0.15, -0.1) is 0 Å². The van der Waals surface area contributed by atoms with Crippen molar-refractivity contribution in [2.24, 2.45) is 0 Å². The van der Waals surface area contributed by atoms with Crippen LogP contribution in [0.25, 0.3) is 0 Å². The molecule has 1 aromatic carbocycles. The summed E-state index contributed by atoms with van der Waals surface area (Å²) in [6, 6.07) is 7.77. The summed E-state index contributed by atoms with van der Waals surface area (Å²) in [4.78, 5) is 33.9. The SMILES string of the molecule is CC1=CC2=C3N(CC(COS(C)(=O)=O)N3C(=O)CN2OC(=O)c2ccccc2)C1O. The van der Waals surface area contributed by atoms with Crippen LogP contribution in [0.5, 0.6) is 0 Å². The molecule has 0 aromatic heterocycles. The largest absolute Gasteiger partial charge is 0.370 e. The third-order valence-corrected chi connectivity index (χ3v) is 5.63. The highest BCUT2D eigenvalue weighted by Gasteiger charge is 2.49. The third-order valence-electron chi connectivity index (χ3n) is 5.06. The molecule has 3 heterocycles. The first-order valence-electron chi connectivity index (χ1n) is 9.24. The molecule has 0 radical (unpaired) electrons. The summed E-state index contributed by atoms with van der Waals surface area (Å²) in [5.74, 6) is -0.671. The number of benzene rings is 1.